The second-order valence-electron chi connectivity index (χ2n) is 4.93. The first-order valence-electron chi connectivity index (χ1n) is 7.48. The minimum Gasteiger partial charge on any atom is -0.464 e. The van der Waals surface area contributed by atoms with Crippen LogP contribution in [0.25, 0.3) is 0 Å². The van der Waals surface area contributed by atoms with Crippen molar-refractivity contribution in [2.75, 3.05) is 19.5 Å². The normalized spacial score (nSPS) is 10.5. The van der Waals surface area contributed by atoms with Crippen molar-refractivity contribution in [1.82, 2.24) is 9.88 Å². The smallest absolute Gasteiger partial charge is 0.360 e. The molecule has 0 spiro atoms. The molecule has 0 aliphatic rings. The number of aromatic nitrogens is 1. The number of hydrogen-bond donors (Lipinski definition) is 0. The molecule has 0 N–H and O–H groups in total. The van der Waals surface area contributed by atoms with Crippen LogP contribution >= 0.6 is 11.6 Å². The SMILES string of the molecule is CCCCCN(Cc1nc(C(=O)OC)co1)C(=O)CCCCl. The summed E-state index contributed by atoms with van der Waals surface area (Å²) in [6, 6.07) is 0. The van der Waals surface area contributed by atoms with E-state index in [9.17, 15) is 9.59 Å². The number of oxazole rings is 1. The van der Waals surface area contributed by atoms with E-state index in [4.69, 9.17) is 16.0 Å². The van der Waals surface area contributed by atoms with Gasteiger partial charge in [0.2, 0.25) is 11.8 Å². The number of carbonyl (C=O) groups excluding carboxylic acids is 2. The largest absolute Gasteiger partial charge is 0.464 e. The van der Waals surface area contributed by atoms with Crippen molar-refractivity contribution in [3.05, 3.63) is 17.8 Å². The van der Waals surface area contributed by atoms with Crippen LogP contribution in [0.3, 0.4) is 0 Å². The van der Waals surface area contributed by atoms with E-state index in [1.807, 2.05) is 0 Å². The first kappa shape index (κ1) is 18.5. The van der Waals surface area contributed by atoms with Gasteiger partial charge in [0.25, 0.3) is 0 Å². The van der Waals surface area contributed by atoms with E-state index in [1.54, 1.807) is 4.90 Å². The Bertz CT molecular complexity index is 476. The van der Waals surface area contributed by atoms with Crippen LogP contribution in [0.5, 0.6) is 0 Å². The number of halogens is 1. The predicted octanol–water partition coefficient (Wildman–Crippen LogP) is 3.00. The van der Waals surface area contributed by atoms with Gasteiger partial charge in [-0.25, -0.2) is 9.78 Å². The standard InChI is InChI=1S/C15H23ClN2O4/c1-3-4-5-9-18(14(19)7-6-8-16)10-13-17-12(11-22-13)15(20)21-2/h11H,3-10H2,1-2H3. The second kappa shape index (κ2) is 10.2. The summed E-state index contributed by atoms with van der Waals surface area (Å²) in [5.41, 5.74) is 0.110. The van der Waals surface area contributed by atoms with Gasteiger partial charge in [0.1, 0.15) is 6.26 Å². The minimum atomic E-state index is -0.555. The van der Waals surface area contributed by atoms with Gasteiger partial charge in [0.15, 0.2) is 5.69 Å². The van der Waals surface area contributed by atoms with Crippen molar-refractivity contribution in [1.29, 1.82) is 0 Å². The molecule has 0 bridgehead atoms. The lowest BCUT2D eigenvalue weighted by atomic mass is 10.2. The van der Waals surface area contributed by atoms with E-state index in [1.165, 1.54) is 13.4 Å². The van der Waals surface area contributed by atoms with E-state index < -0.39 is 5.97 Å². The molecule has 0 saturated carbocycles. The second-order valence-corrected chi connectivity index (χ2v) is 5.31. The van der Waals surface area contributed by atoms with Crippen LogP contribution < -0.4 is 0 Å². The number of ether oxygens (including phenoxy) is 1. The highest BCUT2D eigenvalue weighted by Gasteiger charge is 2.18. The van der Waals surface area contributed by atoms with Gasteiger partial charge < -0.3 is 14.1 Å². The number of nitrogens with zero attached hydrogens (tertiary/aromatic N) is 2. The molecule has 0 saturated heterocycles. The van der Waals surface area contributed by atoms with E-state index >= 15 is 0 Å². The summed E-state index contributed by atoms with van der Waals surface area (Å²) in [5.74, 6) is 0.256. The van der Waals surface area contributed by atoms with Gasteiger partial charge in [-0.1, -0.05) is 19.8 Å². The summed E-state index contributed by atoms with van der Waals surface area (Å²) in [6.45, 7) is 3.00. The number of rotatable bonds is 10. The van der Waals surface area contributed by atoms with Crippen LogP contribution in [0.4, 0.5) is 0 Å². The van der Waals surface area contributed by atoms with Crippen molar-refractivity contribution in [3.8, 4) is 0 Å². The molecule has 7 heteroatoms. The molecule has 0 fully saturated rings. The van der Waals surface area contributed by atoms with Crippen LogP contribution in [0.2, 0.25) is 0 Å². The quantitative estimate of drug-likeness (QED) is 0.374. The van der Waals surface area contributed by atoms with Crippen molar-refractivity contribution in [2.24, 2.45) is 0 Å². The first-order chi connectivity index (χ1) is 10.6. The molecule has 0 aliphatic carbocycles. The van der Waals surface area contributed by atoms with E-state index in [2.05, 4.69) is 16.6 Å². The van der Waals surface area contributed by atoms with Crippen LogP contribution in [-0.4, -0.2) is 41.3 Å². The van der Waals surface area contributed by atoms with Gasteiger partial charge >= 0.3 is 5.97 Å². The Morgan fingerprint density at radius 3 is 2.77 bits per heavy atom. The maximum Gasteiger partial charge on any atom is 0.360 e. The van der Waals surface area contributed by atoms with Crippen LogP contribution in [0.1, 0.15) is 55.4 Å². The van der Waals surface area contributed by atoms with Crippen LogP contribution in [-0.2, 0) is 16.1 Å². The molecule has 1 heterocycles. The molecule has 1 rings (SSSR count). The van der Waals surface area contributed by atoms with Gasteiger partial charge in [-0.05, 0) is 12.8 Å². The summed E-state index contributed by atoms with van der Waals surface area (Å²) in [5, 5.41) is 0. The zero-order valence-corrected chi connectivity index (χ0v) is 13.9. The molecule has 1 aromatic heterocycles. The number of methoxy groups -OCH3 is 1. The highest BCUT2D eigenvalue weighted by molar-refractivity contribution is 6.17. The molecule has 1 amide bonds. The van der Waals surface area contributed by atoms with Crippen LogP contribution in [0.15, 0.2) is 10.7 Å². The first-order valence-corrected chi connectivity index (χ1v) is 8.02. The third-order valence-electron chi connectivity index (χ3n) is 3.18. The highest BCUT2D eigenvalue weighted by Crippen LogP contribution is 2.11. The lowest BCUT2D eigenvalue weighted by Gasteiger charge is -2.21. The lowest BCUT2D eigenvalue weighted by Crippen LogP contribution is -2.31. The van der Waals surface area contributed by atoms with Gasteiger partial charge in [0.05, 0.1) is 13.7 Å². The molecular formula is C15H23ClN2O4. The zero-order chi connectivity index (χ0) is 16.4. The maximum absolute atomic E-state index is 12.2. The average Bonchev–Trinajstić information content (AvgIpc) is 2.99. The Kier molecular flexibility index (Phi) is 8.58. The van der Waals surface area contributed by atoms with Gasteiger partial charge in [-0.2, -0.15) is 0 Å². The number of esters is 1. The molecule has 6 nitrogen and oxygen atoms in total. The number of unbranched alkanes of at least 4 members (excludes halogenated alkanes) is 2. The van der Waals surface area contributed by atoms with Gasteiger partial charge in [0, 0.05) is 18.8 Å². The van der Waals surface area contributed by atoms with Crippen molar-refractivity contribution in [2.45, 2.75) is 45.6 Å². The van der Waals surface area contributed by atoms with E-state index in [-0.39, 0.29) is 18.1 Å². The molecule has 22 heavy (non-hydrogen) atoms. The Hall–Kier alpha value is -1.56. The molecular weight excluding hydrogens is 308 g/mol. The van der Waals surface area contributed by atoms with Crippen molar-refractivity contribution < 1.29 is 18.7 Å². The summed E-state index contributed by atoms with van der Waals surface area (Å²) < 4.78 is 9.83. The third kappa shape index (κ3) is 6.05. The molecule has 0 atom stereocenters. The summed E-state index contributed by atoms with van der Waals surface area (Å²) in [4.78, 5) is 29.3. The molecule has 0 unspecified atom stereocenters. The Labute approximate surface area is 135 Å². The topological polar surface area (TPSA) is 72.6 Å². The lowest BCUT2D eigenvalue weighted by molar-refractivity contribution is -0.132. The van der Waals surface area contributed by atoms with E-state index in [0.717, 1.165) is 19.3 Å². The van der Waals surface area contributed by atoms with Crippen molar-refractivity contribution in [3.63, 3.8) is 0 Å². The molecule has 124 valence electrons. The Morgan fingerprint density at radius 2 is 2.14 bits per heavy atom. The summed E-state index contributed by atoms with van der Waals surface area (Å²) in [7, 11) is 1.28. The monoisotopic (exact) mass is 330 g/mol. The fraction of sp³-hybridized carbons (Fsp3) is 0.667. The molecule has 0 aromatic carbocycles. The minimum absolute atomic E-state index is 0.0228. The predicted molar refractivity (Wildman–Crippen MR) is 82.7 cm³/mol. The van der Waals surface area contributed by atoms with Crippen molar-refractivity contribution >= 4 is 23.5 Å². The Morgan fingerprint density at radius 1 is 1.36 bits per heavy atom. The Balaban J connectivity index is 2.67. The summed E-state index contributed by atoms with van der Waals surface area (Å²) >= 11 is 5.64. The number of carbonyl (C=O) groups is 2. The number of hydrogen-bond acceptors (Lipinski definition) is 5. The molecule has 1 aromatic rings. The van der Waals surface area contributed by atoms with E-state index in [0.29, 0.717) is 31.2 Å². The fourth-order valence-electron chi connectivity index (χ4n) is 1.97. The van der Waals surface area contributed by atoms with Gasteiger partial charge in [-0.15, -0.1) is 11.6 Å². The number of alkyl halides is 1. The molecule has 0 aliphatic heterocycles. The molecule has 0 radical (unpaired) electrons. The highest BCUT2D eigenvalue weighted by atomic mass is 35.5. The van der Waals surface area contributed by atoms with Gasteiger partial charge in [-0.3, -0.25) is 4.79 Å². The summed E-state index contributed by atoms with van der Waals surface area (Å²) in [6.07, 6.45) is 5.35. The third-order valence-corrected chi connectivity index (χ3v) is 3.45. The maximum atomic E-state index is 12.2. The zero-order valence-electron chi connectivity index (χ0n) is 13.1. The fourth-order valence-corrected chi connectivity index (χ4v) is 2.10. The average molecular weight is 331 g/mol. The van der Waals surface area contributed by atoms with Crippen LogP contribution in [0, 0.1) is 0 Å². The number of amides is 1.